The van der Waals surface area contributed by atoms with E-state index in [1.165, 1.54) is 0 Å². The molecule has 1 N–H and O–H groups in total. The van der Waals surface area contributed by atoms with Crippen LogP contribution in [-0.4, -0.2) is 32.8 Å². The van der Waals surface area contributed by atoms with Crippen molar-refractivity contribution in [3.8, 4) is 5.75 Å². The van der Waals surface area contributed by atoms with Crippen LogP contribution in [0.5, 0.6) is 5.75 Å². The van der Waals surface area contributed by atoms with E-state index in [1.54, 1.807) is 6.07 Å². The zero-order valence-corrected chi connectivity index (χ0v) is 13.1. The van der Waals surface area contributed by atoms with Crippen molar-refractivity contribution >= 4 is 11.6 Å². The molecule has 0 aromatic heterocycles. The standard InChI is InChI=1S/C18H20N2O3/c1-20(16-5-3-2-4-6-16)10-9-19-18(21)14-7-8-17-15(11-14)12-22-13-23-17/h2-8,11H,9-10,12-13H2,1H3,(H,19,21). The van der Waals surface area contributed by atoms with Crippen LogP contribution in [0.4, 0.5) is 5.69 Å². The highest BCUT2D eigenvalue weighted by molar-refractivity contribution is 5.94. The van der Waals surface area contributed by atoms with E-state index < -0.39 is 0 Å². The van der Waals surface area contributed by atoms with Crippen LogP contribution in [0, 0.1) is 0 Å². The summed E-state index contributed by atoms with van der Waals surface area (Å²) >= 11 is 0. The van der Waals surface area contributed by atoms with Crippen LogP contribution in [0.25, 0.3) is 0 Å². The van der Waals surface area contributed by atoms with Crippen molar-refractivity contribution in [3.63, 3.8) is 0 Å². The fraction of sp³-hybridized carbons (Fsp3) is 0.278. The average molecular weight is 312 g/mol. The predicted octanol–water partition coefficient (Wildman–Crippen LogP) is 2.42. The first-order chi connectivity index (χ1) is 11.2. The number of carbonyl (C=O) groups is 1. The molecule has 1 aliphatic rings. The van der Waals surface area contributed by atoms with Crippen molar-refractivity contribution in [1.82, 2.24) is 5.32 Å². The molecule has 1 aliphatic heterocycles. The minimum absolute atomic E-state index is 0.0835. The highest BCUT2D eigenvalue weighted by Gasteiger charge is 2.14. The lowest BCUT2D eigenvalue weighted by atomic mass is 10.1. The second-order valence-electron chi connectivity index (χ2n) is 5.45. The van der Waals surface area contributed by atoms with Crippen LogP contribution in [0.3, 0.4) is 0 Å². The molecule has 0 saturated heterocycles. The smallest absolute Gasteiger partial charge is 0.251 e. The van der Waals surface area contributed by atoms with Gasteiger partial charge in [-0.25, -0.2) is 0 Å². The number of nitrogens with one attached hydrogen (secondary N) is 1. The quantitative estimate of drug-likeness (QED) is 0.921. The fourth-order valence-electron chi connectivity index (χ4n) is 2.48. The van der Waals surface area contributed by atoms with Crippen LogP contribution in [0.1, 0.15) is 15.9 Å². The SMILES string of the molecule is CN(CCNC(=O)c1ccc2c(c1)COCO2)c1ccccc1. The first-order valence-corrected chi connectivity index (χ1v) is 7.62. The Bertz CT molecular complexity index is 673. The van der Waals surface area contributed by atoms with E-state index in [0.29, 0.717) is 18.7 Å². The number of para-hydroxylation sites is 1. The number of hydrogen-bond donors (Lipinski definition) is 1. The molecule has 23 heavy (non-hydrogen) atoms. The largest absolute Gasteiger partial charge is 0.467 e. The Kier molecular flexibility index (Phi) is 4.78. The molecule has 0 bridgehead atoms. The molecular formula is C18H20N2O3. The van der Waals surface area contributed by atoms with Gasteiger partial charge in [0.2, 0.25) is 0 Å². The summed E-state index contributed by atoms with van der Waals surface area (Å²) < 4.78 is 10.6. The molecular weight excluding hydrogens is 292 g/mol. The van der Waals surface area contributed by atoms with E-state index in [2.05, 4.69) is 10.2 Å². The van der Waals surface area contributed by atoms with E-state index >= 15 is 0 Å². The van der Waals surface area contributed by atoms with Gasteiger partial charge in [-0.15, -0.1) is 0 Å². The number of rotatable bonds is 5. The zero-order chi connectivity index (χ0) is 16.1. The van der Waals surface area contributed by atoms with Gasteiger partial charge in [0, 0.05) is 37.0 Å². The second kappa shape index (κ2) is 7.15. The van der Waals surface area contributed by atoms with Gasteiger partial charge in [0.25, 0.3) is 5.91 Å². The van der Waals surface area contributed by atoms with Gasteiger partial charge in [-0.3, -0.25) is 4.79 Å². The number of fused-ring (bicyclic) bond motifs is 1. The summed E-state index contributed by atoms with van der Waals surface area (Å²) in [5, 5.41) is 2.94. The Morgan fingerprint density at radius 3 is 2.87 bits per heavy atom. The number of nitrogens with zero attached hydrogens (tertiary/aromatic N) is 1. The molecule has 0 radical (unpaired) electrons. The van der Waals surface area contributed by atoms with Crippen molar-refractivity contribution in [3.05, 3.63) is 59.7 Å². The molecule has 0 unspecified atom stereocenters. The lowest BCUT2D eigenvalue weighted by Crippen LogP contribution is -2.33. The van der Waals surface area contributed by atoms with Crippen molar-refractivity contribution < 1.29 is 14.3 Å². The van der Waals surface area contributed by atoms with Gasteiger partial charge in [-0.1, -0.05) is 18.2 Å². The maximum absolute atomic E-state index is 12.2. The number of likely N-dealkylation sites (N-methyl/N-ethyl adjacent to an activating group) is 1. The van der Waals surface area contributed by atoms with Crippen molar-refractivity contribution in [2.75, 3.05) is 31.8 Å². The molecule has 120 valence electrons. The molecule has 0 atom stereocenters. The van der Waals surface area contributed by atoms with Gasteiger partial charge in [0.05, 0.1) is 6.61 Å². The van der Waals surface area contributed by atoms with Crippen LogP contribution >= 0.6 is 0 Å². The average Bonchev–Trinajstić information content (AvgIpc) is 2.61. The predicted molar refractivity (Wildman–Crippen MR) is 88.8 cm³/mol. The number of carbonyl (C=O) groups excluding carboxylic acids is 1. The summed E-state index contributed by atoms with van der Waals surface area (Å²) in [6.07, 6.45) is 0. The molecule has 3 rings (SSSR count). The zero-order valence-electron chi connectivity index (χ0n) is 13.1. The number of anilines is 1. The molecule has 5 nitrogen and oxygen atoms in total. The summed E-state index contributed by atoms with van der Waals surface area (Å²) in [4.78, 5) is 14.3. The Morgan fingerprint density at radius 1 is 1.22 bits per heavy atom. The van der Waals surface area contributed by atoms with E-state index in [1.807, 2.05) is 49.5 Å². The van der Waals surface area contributed by atoms with Gasteiger partial charge in [0.15, 0.2) is 6.79 Å². The fourth-order valence-corrected chi connectivity index (χ4v) is 2.48. The number of benzene rings is 2. The summed E-state index contributed by atoms with van der Waals surface area (Å²) in [5.41, 5.74) is 2.66. The van der Waals surface area contributed by atoms with Gasteiger partial charge >= 0.3 is 0 Å². The van der Waals surface area contributed by atoms with Gasteiger partial charge in [-0.05, 0) is 30.3 Å². The molecule has 1 heterocycles. The number of hydrogen-bond acceptors (Lipinski definition) is 4. The number of amides is 1. The van der Waals surface area contributed by atoms with Crippen molar-refractivity contribution in [1.29, 1.82) is 0 Å². The van der Waals surface area contributed by atoms with E-state index in [4.69, 9.17) is 9.47 Å². The van der Waals surface area contributed by atoms with Crippen LogP contribution < -0.4 is 15.0 Å². The maximum Gasteiger partial charge on any atom is 0.251 e. The van der Waals surface area contributed by atoms with E-state index in [9.17, 15) is 4.79 Å². The second-order valence-corrected chi connectivity index (χ2v) is 5.45. The van der Waals surface area contributed by atoms with Crippen LogP contribution in [0.2, 0.25) is 0 Å². The summed E-state index contributed by atoms with van der Waals surface area (Å²) in [6, 6.07) is 15.5. The molecule has 0 aliphatic carbocycles. The minimum atomic E-state index is -0.0835. The summed E-state index contributed by atoms with van der Waals surface area (Å²) in [6.45, 7) is 2.07. The lowest BCUT2D eigenvalue weighted by molar-refractivity contribution is -0.0163. The van der Waals surface area contributed by atoms with E-state index in [0.717, 1.165) is 23.5 Å². The molecule has 0 spiro atoms. The van der Waals surface area contributed by atoms with Gasteiger partial charge in [0.1, 0.15) is 5.75 Å². The highest BCUT2D eigenvalue weighted by atomic mass is 16.7. The highest BCUT2D eigenvalue weighted by Crippen LogP contribution is 2.24. The third-order valence-electron chi connectivity index (χ3n) is 3.81. The van der Waals surface area contributed by atoms with E-state index in [-0.39, 0.29) is 12.7 Å². The third kappa shape index (κ3) is 3.81. The molecule has 1 amide bonds. The number of ether oxygens (including phenoxy) is 2. The van der Waals surface area contributed by atoms with Gasteiger partial charge in [-0.2, -0.15) is 0 Å². The molecule has 0 saturated carbocycles. The van der Waals surface area contributed by atoms with Crippen LogP contribution in [-0.2, 0) is 11.3 Å². The molecule has 0 fully saturated rings. The topological polar surface area (TPSA) is 50.8 Å². The molecule has 2 aromatic carbocycles. The summed E-state index contributed by atoms with van der Waals surface area (Å²) in [5.74, 6) is 0.705. The normalized spacial score (nSPS) is 12.9. The lowest BCUT2D eigenvalue weighted by Gasteiger charge is -2.20. The molecule has 2 aromatic rings. The first-order valence-electron chi connectivity index (χ1n) is 7.62. The maximum atomic E-state index is 12.2. The van der Waals surface area contributed by atoms with Crippen LogP contribution in [0.15, 0.2) is 48.5 Å². The monoisotopic (exact) mass is 312 g/mol. The minimum Gasteiger partial charge on any atom is -0.467 e. The Labute approximate surface area is 135 Å². The Balaban J connectivity index is 1.53. The first kappa shape index (κ1) is 15.4. The Hall–Kier alpha value is -2.53. The van der Waals surface area contributed by atoms with Crippen molar-refractivity contribution in [2.24, 2.45) is 0 Å². The summed E-state index contributed by atoms with van der Waals surface area (Å²) in [7, 11) is 2.01. The Morgan fingerprint density at radius 2 is 2.04 bits per heavy atom. The van der Waals surface area contributed by atoms with Crippen molar-refractivity contribution in [2.45, 2.75) is 6.61 Å². The molecule has 5 heteroatoms. The third-order valence-corrected chi connectivity index (χ3v) is 3.81. The van der Waals surface area contributed by atoms with Gasteiger partial charge < -0.3 is 19.7 Å².